The second kappa shape index (κ2) is 9.04. The molecule has 1 aliphatic rings. The van der Waals surface area contributed by atoms with Gasteiger partial charge < -0.3 is 10.1 Å². The van der Waals surface area contributed by atoms with Crippen LogP contribution in [0, 0.1) is 11.3 Å². The van der Waals surface area contributed by atoms with E-state index in [1.165, 1.54) is 44.9 Å². The first kappa shape index (κ1) is 18.0. The topological polar surface area (TPSA) is 21.3 Å². The van der Waals surface area contributed by atoms with Crippen LogP contribution in [-0.2, 0) is 4.74 Å². The van der Waals surface area contributed by atoms with Crippen molar-refractivity contribution in [2.45, 2.75) is 91.7 Å². The molecule has 1 aliphatic carbocycles. The molecule has 0 radical (unpaired) electrons. The van der Waals surface area contributed by atoms with Crippen molar-refractivity contribution in [3.63, 3.8) is 0 Å². The summed E-state index contributed by atoms with van der Waals surface area (Å²) in [4.78, 5) is 0. The minimum atomic E-state index is 0.365. The zero-order valence-electron chi connectivity index (χ0n) is 14.5. The summed E-state index contributed by atoms with van der Waals surface area (Å²) in [5, 5.41) is 3.68. The highest BCUT2D eigenvalue weighted by atomic mass is 16.5. The van der Waals surface area contributed by atoms with Gasteiger partial charge in [0, 0.05) is 12.6 Å². The number of rotatable bonds is 9. The predicted molar refractivity (Wildman–Crippen MR) is 88.1 cm³/mol. The van der Waals surface area contributed by atoms with E-state index in [1.807, 2.05) is 0 Å². The Morgan fingerprint density at radius 1 is 1.25 bits per heavy atom. The van der Waals surface area contributed by atoms with Crippen molar-refractivity contribution in [2.24, 2.45) is 11.3 Å². The third-order valence-corrected chi connectivity index (χ3v) is 5.04. The van der Waals surface area contributed by atoms with Gasteiger partial charge in [-0.15, -0.1) is 0 Å². The molecule has 0 aromatic heterocycles. The first-order valence-electron chi connectivity index (χ1n) is 8.90. The molecule has 3 unspecified atom stereocenters. The van der Waals surface area contributed by atoms with E-state index in [0.29, 0.717) is 17.6 Å². The molecule has 0 aliphatic heterocycles. The number of nitrogens with one attached hydrogen (secondary N) is 1. The molecule has 0 spiro atoms. The first-order chi connectivity index (χ1) is 9.55. The molecular weight excluding hydrogens is 246 g/mol. The molecule has 1 saturated carbocycles. The summed E-state index contributed by atoms with van der Waals surface area (Å²) in [7, 11) is 0. The second-order valence-corrected chi connectivity index (χ2v) is 7.20. The molecule has 2 nitrogen and oxygen atoms in total. The third-order valence-electron chi connectivity index (χ3n) is 5.04. The lowest BCUT2D eigenvalue weighted by atomic mass is 9.71. The van der Waals surface area contributed by atoms with Crippen LogP contribution in [0.15, 0.2) is 0 Å². The van der Waals surface area contributed by atoms with E-state index < -0.39 is 0 Å². The summed E-state index contributed by atoms with van der Waals surface area (Å²) in [6.07, 6.45) is 9.49. The van der Waals surface area contributed by atoms with Crippen LogP contribution < -0.4 is 5.32 Å². The minimum Gasteiger partial charge on any atom is -0.376 e. The first-order valence-corrected chi connectivity index (χ1v) is 8.90. The Morgan fingerprint density at radius 2 is 2.00 bits per heavy atom. The van der Waals surface area contributed by atoms with Gasteiger partial charge in [-0.1, -0.05) is 60.3 Å². The van der Waals surface area contributed by atoms with Crippen molar-refractivity contribution in [3.05, 3.63) is 0 Å². The molecule has 120 valence electrons. The highest BCUT2D eigenvalue weighted by molar-refractivity contribution is 4.94. The zero-order chi connectivity index (χ0) is 15.0. The zero-order valence-corrected chi connectivity index (χ0v) is 14.5. The van der Waals surface area contributed by atoms with Gasteiger partial charge in [-0.2, -0.15) is 0 Å². The molecule has 3 atom stereocenters. The van der Waals surface area contributed by atoms with Gasteiger partial charge in [0.15, 0.2) is 0 Å². The maximum Gasteiger partial charge on any atom is 0.0733 e. The molecule has 1 rings (SSSR count). The van der Waals surface area contributed by atoms with Crippen molar-refractivity contribution in [3.8, 4) is 0 Å². The summed E-state index contributed by atoms with van der Waals surface area (Å²) in [6.45, 7) is 13.6. The fourth-order valence-electron chi connectivity index (χ4n) is 3.55. The van der Waals surface area contributed by atoms with E-state index >= 15 is 0 Å². The van der Waals surface area contributed by atoms with Crippen LogP contribution >= 0.6 is 0 Å². The van der Waals surface area contributed by atoms with Crippen LogP contribution in [0.3, 0.4) is 0 Å². The van der Waals surface area contributed by atoms with Crippen LogP contribution in [0.2, 0.25) is 0 Å². The maximum absolute atomic E-state index is 6.37. The van der Waals surface area contributed by atoms with E-state index in [9.17, 15) is 0 Å². The largest absolute Gasteiger partial charge is 0.376 e. The SMILES string of the molecule is CCCCC(CC)COC1CCCC(C)(C)C1NCC. The van der Waals surface area contributed by atoms with E-state index in [0.717, 1.165) is 19.1 Å². The lowest BCUT2D eigenvalue weighted by Gasteiger charge is -2.44. The standard InChI is InChI=1S/C18H37NO/c1-6-9-11-15(7-2)14-20-16-12-10-13-18(4,5)17(16)19-8-3/h15-17,19H,6-14H2,1-5H3. The van der Waals surface area contributed by atoms with Gasteiger partial charge in [0.05, 0.1) is 6.10 Å². The van der Waals surface area contributed by atoms with E-state index in [4.69, 9.17) is 4.74 Å². The molecule has 0 amide bonds. The molecule has 1 fully saturated rings. The summed E-state index contributed by atoms with van der Waals surface area (Å²) >= 11 is 0. The van der Waals surface area contributed by atoms with Crippen molar-refractivity contribution in [2.75, 3.05) is 13.2 Å². The Kier molecular flexibility index (Phi) is 8.13. The van der Waals surface area contributed by atoms with Gasteiger partial charge in [0.2, 0.25) is 0 Å². The fraction of sp³-hybridized carbons (Fsp3) is 1.00. The Labute approximate surface area is 127 Å². The lowest BCUT2D eigenvalue weighted by Crippen LogP contribution is -2.53. The maximum atomic E-state index is 6.37. The van der Waals surface area contributed by atoms with Gasteiger partial charge in [0.25, 0.3) is 0 Å². The summed E-state index contributed by atoms with van der Waals surface area (Å²) < 4.78 is 6.37. The van der Waals surface area contributed by atoms with Crippen LogP contribution in [0.5, 0.6) is 0 Å². The summed E-state index contributed by atoms with van der Waals surface area (Å²) in [5.41, 5.74) is 0.365. The molecule has 0 aromatic rings. The summed E-state index contributed by atoms with van der Waals surface area (Å²) in [6, 6.07) is 0.518. The number of hydrogen-bond donors (Lipinski definition) is 1. The molecular formula is C18H37NO. The smallest absolute Gasteiger partial charge is 0.0733 e. The van der Waals surface area contributed by atoms with Crippen molar-refractivity contribution in [1.82, 2.24) is 5.32 Å². The molecule has 20 heavy (non-hydrogen) atoms. The van der Waals surface area contributed by atoms with Gasteiger partial charge >= 0.3 is 0 Å². The van der Waals surface area contributed by atoms with Crippen molar-refractivity contribution >= 4 is 0 Å². The number of unbranched alkanes of at least 4 members (excludes halogenated alkanes) is 1. The highest BCUT2D eigenvalue weighted by Gasteiger charge is 2.39. The molecule has 0 heterocycles. The normalized spacial score (nSPS) is 27.4. The number of ether oxygens (including phenoxy) is 1. The average Bonchev–Trinajstić information content (AvgIpc) is 2.42. The Bertz CT molecular complexity index is 252. The van der Waals surface area contributed by atoms with Gasteiger partial charge in [0.1, 0.15) is 0 Å². The predicted octanol–water partition coefficient (Wildman–Crippen LogP) is 4.78. The Morgan fingerprint density at radius 3 is 2.60 bits per heavy atom. The Hall–Kier alpha value is -0.0800. The second-order valence-electron chi connectivity index (χ2n) is 7.20. The average molecular weight is 284 g/mol. The van der Waals surface area contributed by atoms with Gasteiger partial charge in [-0.3, -0.25) is 0 Å². The monoisotopic (exact) mass is 283 g/mol. The van der Waals surface area contributed by atoms with E-state index in [1.54, 1.807) is 0 Å². The molecule has 0 aromatic carbocycles. The Balaban J connectivity index is 2.50. The third kappa shape index (κ3) is 5.37. The number of likely N-dealkylation sites (N-methyl/N-ethyl adjacent to an activating group) is 1. The van der Waals surface area contributed by atoms with Crippen molar-refractivity contribution in [1.29, 1.82) is 0 Å². The highest BCUT2D eigenvalue weighted by Crippen LogP contribution is 2.37. The number of hydrogen-bond acceptors (Lipinski definition) is 2. The molecule has 0 saturated heterocycles. The summed E-state index contributed by atoms with van der Waals surface area (Å²) in [5.74, 6) is 0.752. The lowest BCUT2D eigenvalue weighted by molar-refractivity contribution is -0.0503. The molecule has 0 bridgehead atoms. The minimum absolute atomic E-state index is 0.365. The van der Waals surface area contributed by atoms with Crippen molar-refractivity contribution < 1.29 is 4.74 Å². The van der Waals surface area contributed by atoms with E-state index in [-0.39, 0.29) is 0 Å². The quantitative estimate of drug-likeness (QED) is 0.658. The van der Waals surface area contributed by atoms with Crippen LogP contribution in [-0.4, -0.2) is 25.3 Å². The van der Waals surface area contributed by atoms with Gasteiger partial charge in [-0.25, -0.2) is 0 Å². The molecule has 1 N–H and O–H groups in total. The van der Waals surface area contributed by atoms with Crippen LogP contribution in [0.25, 0.3) is 0 Å². The van der Waals surface area contributed by atoms with Gasteiger partial charge in [-0.05, 0) is 37.1 Å². The fourth-order valence-corrected chi connectivity index (χ4v) is 3.55. The van der Waals surface area contributed by atoms with E-state index in [2.05, 4.69) is 39.9 Å². The van der Waals surface area contributed by atoms with Crippen LogP contribution in [0.4, 0.5) is 0 Å². The molecule has 2 heteroatoms. The van der Waals surface area contributed by atoms with Crippen LogP contribution in [0.1, 0.15) is 79.6 Å².